The van der Waals surface area contributed by atoms with Gasteiger partial charge in [-0.3, -0.25) is 9.79 Å². The minimum atomic E-state index is -4.83. The summed E-state index contributed by atoms with van der Waals surface area (Å²) in [6.45, 7) is 15.6. The molecule has 4 nitrogen and oxygen atoms in total. The topological polar surface area (TPSA) is 64.7 Å². The van der Waals surface area contributed by atoms with E-state index in [0.717, 1.165) is 24.8 Å². The summed E-state index contributed by atoms with van der Waals surface area (Å²) in [5.41, 5.74) is 4.13. The van der Waals surface area contributed by atoms with Gasteiger partial charge in [0.25, 0.3) is 0 Å². The van der Waals surface area contributed by atoms with Crippen molar-refractivity contribution in [2.75, 3.05) is 14.2 Å². The Morgan fingerprint density at radius 3 is 1.86 bits per heavy atom. The highest BCUT2D eigenvalue weighted by Gasteiger charge is 2.37. The highest BCUT2D eigenvalue weighted by Crippen LogP contribution is 2.36. The van der Waals surface area contributed by atoms with Gasteiger partial charge >= 0.3 is 12.4 Å². The Morgan fingerprint density at radius 2 is 1.52 bits per heavy atom. The van der Waals surface area contributed by atoms with Crippen LogP contribution in [0, 0.1) is 5.92 Å². The molecule has 0 saturated carbocycles. The highest BCUT2D eigenvalue weighted by molar-refractivity contribution is 5.99. The molecule has 0 radical (unpaired) electrons. The van der Waals surface area contributed by atoms with Crippen molar-refractivity contribution >= 4 is 11.6 Å². The maximum atomic E-state index is 12.5. The molecule has 1 atom stereocenters. The Kier molecular flexibility index (Phi) is 21.3. The van der Waals surface area contributed by atoms with Gasteiger partial charge in [-0.25, -0.2) is 0 Å². The van der Waals surface area contributed by atoms with Crippen LogP contribution in [-0.4, -0.2) is 25.8 Å². The SMILES string of the molecule is C/C=C/CCC.C=C(\C=C/C(=C\C(C)CC)C(=C\CCC)/C(N)=O)OC.CN=C(C)c1cc(C(F)(F)F)cc(C(F)(F)F)c1. The summed E-state index contributed by atoms with van der Waals surface area (Å²) in [6, 6.07) is 1.39. The largest absolute Gasteiger partial charge is 0.497 e. The van der Waals surface area contributed by atoms with Gasteiger partial charge in [-0.15, -0.1) is 0 Å². The van der Waals surface area contributed by atoms with Gasteiger partial charge in [0.15, 0.2) is 0 Å². The molecule has 0 fully saturated rings. The first kappa shape index (κ1) is 42.6. The molecular weight excluding hydrogens is 582 g/mol. The number of rotatable bonds is 12. The first-order valence-electron chi connectivity index (χ1n) is 14.4. The third-order valence-corrected chi connectivity index (χ3v) is 6.06. The van der Waals surface area contributed by atoms with Crippen molar-refractivity contribution in [1.29, 1.82) is 0 Å². The fourth-order valence-electron chi connectivity index (χ4n) is 3.19. The molecule has 0 aromatic heterocycles. The predicted molar refractivity (Wildman–Crippen MR) is 169 cm³/mol. The summed E-state index contributed by atoms with van der Waals surface area (Å²) in [5.74, 6) is 0.509. The van der Waals surface area contributed by atoms with Gasteiger partial charge < -0.3 is 10.5 Å². The van der Waals surface area contributed by atoms with Gasteiger partial charge in [0.05, 0.1) is 18.2 Å². The van der Waals surface area contributed by atoms with Crippen molar-refractivity contribution in [3.63, 3.8) is 0 Å². The number of hydrogen-bond acceptors (Lipinski definition) is 3. The molecule has 0 saturated heterocycles. The lowest BCUT2D eigenvalue weighted by Gasteiger charge is -2.14. The molecule has 0 aliphatic carbocycles. The number of unbranched alkanes of at least 4 members (excludes halogenated alkanes) is 2. The maximum Gasteiger partial charge on any atom is 0.416 e. The number of carbonyl (C=O) groups is 1. The van der Waals surface area contributed by atoms with Gasteiger partial charge in [-0.1, -0.05) is 83.9 Å². The predicted octanol–water partition coefficient (Wildman–Crippen LogP) is 10.4. The van der Waals surface area contributed by atoms with Crippen molar-refractivity contribution in [2.24, 2.45) is 16.6 Å². The van der Waals surface area contributed by atoms with Crippen molar-refractivity contribution in [2.45, 2.75) is 86.0 Å². The maximum absolute atomic E-state index is 12.5. The Hall–Kier alpha value is -3.56. The van der Waals surface area contributed by atoms with E-state index in [4.69, 9.17) is 10.5 Å². The van der Waals surface area contributed by atoms with Crippen LogP contribution in [0.4, 0.5) is 26.3 Å². The summed E-state index contributed by atoms with van der Waals surface area (Å²) < 4.78 is 80.0. The van der Waals surface area contributed by atoms with Crippen molar-refractivity contribution in [3.8, 4) is 0 Å². The quantitative estimate of drug-likeness (QED) is 0.0624. The number of hydrogen-bond donors (Lipinski definition) is 1. The third kappa shape index (κ3) is 18.2. The van der Waals surface area contributed by atoms with E-state index in [2.05, 4.69) is 64.4 Å². The number of alkyl halides is 6. The number of aliphatic imine (C=N–C) groups is 1. The highest BCUT2D eigenvalue weighted by atomic mass is 19.4. The number of amides is 1. The van der Waals surface area contributed by atoms with Gasteiger partial charge in [0.2, 0.25) is 5.91 Å². The summed E-state index contributed by atoms with van der Waals surface area (Å²) >= 11 is 0. The van der Waals surface area contributed by atoms with Gasteiger partial charge in [-0.2, -0.15) is 26.3 Å². The molecule has 44 heavy (non-hydrogen) atoms. The van der Waals surface area contributed by atoms with Crippen LogP contribution in [0.5, 0.6) is 0 Å². The van der Waals surface area contributed by atoms with Crippen molar-refractivity contribution < 1.29 is 35.9 Å². The van der Waals surface area contributed by atoms with Gasteiger partial charge in [-0.05, 0) is 68.0 Å². The molecule has 1 unspecified atom stereocenters. The molecule has 1 rings (SSSR count). The van der Waals surface area contributed by atoms with Crippen LogP contribution in [0.2, 0.25) is 0 Å². The van der Waals surface area contributed by atoms with E-state index in [9.17, 15) is 31.1 Å². The number of nitrogens with zero attached hydrogens (tertiary/aromatic N) is 1. The van der Waals surface area contributed by atoms with E-state index in [1.54, 1.807) is 13.2 Å². The third-order valence-electron chi connectivity index (χ3n) is 6.06. The van der Waals surface area contributed by atoms with Crippen LogP contribution in [0.15, 0.2) is 83.1 Å². The Balaban J connectivity index is 0. The zero-order valence-corrected chi connectivity index (χ0v) is 27.1. The Morgan fingerprint density at radius 1 is 1.00 bits per heavy atom. The van der Waals surface area contributed by atoms with E-state index in [-0.39, 0.29) is 17.3 Å². The first-order valence-corrected chi connectivity index (χ1v) is 14.4. The van der Waals surface area contributed by atoms with E-state index in [1.165, 1.54) is 26.8 Å². The van der Waals surface area contributed by atoms with Crippen LogP contribution in [0.1, 0.15) is 90.3 Å². The molecule has 1 amide bonds. The van der Waals surface area contributed by atoms with Crippen LogP contribution in [-0.2, 0) is 21.9 Å². The molecule has 0 spiro atoms. The normalized spacial score (nSPS) is 13.6. The zero-order chi connectivity index (χ0) is 34.5. The molecule has 0 aliphatic rings. The fraction of sp³-hybridized carbons (Fsp3) is 0.471. The van der Waals surface area contributed by atoms with Gasteiger partial charge in [0, 0.05) is 18.3 Å². The smallest absolute Gasteiger partial charge is 0.416 e. The van der Waals surface area contributed by atoms with Crippen LogP contribution in [0.25, 0.3) is 0 Å². The average Bonchev–Trinajstić information content (AvgIpc) is 2.97. The number of benzene rings is 1. The molecule has 0 aliphatic heterocycles. The Bertz CT molecular complexity index is 1140. The molecule has 0 bridgehead atoms. The average molecular weight is 631 g/mol. The van der Waals surface area contributed by atoms with E-state index >= 15 is 0 Å². The number of primary amides is 1. The summed E-state index contributed by atoms with van der Waals surface area (Å²) in [5, 5.41) is 0. The minimum absolute atomic E-state index is 0.0897. The second kappa shape index (κ2) is 22.0. The molecule has 0 heterocycles. The monoisotopic (exact) mass is 630 g/mol. The number of halogens is 6. The summed E-state index contributed by atoms with van der Waals surface area (Å²) in [4.78, 5) is 15.2. The minimum Gasteiger partial charge on any atom is -0.497 e. The Labute approximate surface area is 259 Å². The molecule has 2 N–H and O–H groups in total. The fourth-order valence-corrected chi connectivity index (χ4v) is 3.19. The van der Waals surface area contributed by atoms with Crippen molar-refractivity contribution in [3.05, 3.63) is 94.8 Å². The van der Waals surface area contributed by atoms with Crippen LogP contribution in [0.3, 0.4) is 0 Å². The standard InChI is InChI=1S/C17H27NO2.C11H9F6N.C6H12/c1-6-8-9-16(17(18)19)15(12-13(3)7-2)11-10-14(4)20-5;1-6(18-2)7-3-8(10(12,13)14)5-9(4-7)11(15,16)17;1-3-5-6-4-2/h9-13H,4,6-8H2,1-3,5H3,(H2,18,19);3-5H,1-2H3;3,5H,4,6H2,1-2H3/b11-10-,15-12+,16-9+;;5-3+. The van der Waals surface area contributed by atoms with Crippen LogP contribution >= 0.6 is 0 Å². The van der Waals surface area contributed by atoms with Gasteiger partial charge in [0.1, 0.15) is 5.76 Å². The zero-order valence-electron chi connectivity index (χ0n) is 27.1. The molecular formula is C34H48F6N2O2. The van der Waals surface area contributed by atoms with Crippen LogP contribution < -0.4 is 5.73 Å². The number of carbonyl (C=O) groups excluding carboxylic acids is 1. The number of nitrogens with two attached hydrogens (primary N) is 1. The van der Waals surface area contributed by atoms with Crippen molar-refractivity contribution in [1.82, 2.24) is 0 Å². The summed E-state index contributed by atoms with van der Waals surface area (Å²) in [6.07, 6.45) is 7.46. The van der Waals surface area contributed by atoms with E-state index in [0.29, 0.717) is 29.4 Å². The molecule has 1 aromatic carbocycles. The lowest BCUT2D eigenvalue weighted by molar-refractivity contribution is -0.143. The van der Waals surface area contributed by atoms with E-state index in [1.807, 2.05) is 12.2 Å². The van der Waals surface area contributed by atoms with E-state index < -0.39 is 29.4 Å². The second-order valence-electron chi connectivity index (χ2n) is 9.74. The number of allylic oxidation sites excluding steroid dienone is 6. The number of methoxy groups -OCH3 is 1. The molecule has 248 valence electrons. The summed E-state index contributed by atoms with van der Waals surface area (Å²) in [7, 11) is 2.86. The lowest BCUT2D eigenvalue weighted by atomic mass is 9.97. The lowest BCUT2D eigenvalue weighted by Crippen LogP contribution is -2.15. The molecule has 1 aromatic rings. The second-order valence-corrected chi connectivity index (χ2v) is 9.74. The number of ether oxygens (including phenoxy) is 1. The molecule has 10 heteroatoms. The first-order chi connectivity index (χ1) is 20.4.